The average molecular weight is 345 g/mol. The molecule has 0 aliphatic carbocycles. The Morgan fingerprint density at radius 3 is 2.69 bits per heavy atom. The van der Waals surface area contributed by atoms with Crippen LogP contribution in [0.1, 0.15) is 21.6 Å². The van der Waals surface area contributed by atoms with E-state index in [1.165, 1.54) is 0 Å². The molecular weight excluding hydrogens is 326 g/mol. The Hall–Kier alpha value is -3.52. The first kappa shape index (κ1) is 17.3. The van der Waals surface area contributed by atoms with Crippen molar-refractivity contribution in [2.45, 2.75) is 13.5 Å². The summed E-state index contributed by atoms with van der Waals surface area (Å²) in [7, 11) is 1.58. The van der Waals surface area contributed by atoms with Crippen LogP contribution < -0.4 is 10.2 Å². The molecule has 0 radical (unpaired) electrons. The average Bonchev–Trinajstić information content (AvgIpc) is 2.94. The van der Waals surface area contributed by atoms with Crippen molar-refractivity contribution in [3.63, 3.8) is 0 Å². The highest BCUT2D eigenvalue weighted by Gasteiger charge is 2.11. The fourth-order valence-corrected chi connectivity index (χ4v) is 2.88. The number of benzene rings is 2. The lowest BCUT2D eigenvalue weighted by atomic mass is 10.1. The van der Waals surface area contributed by atoms with Crippen LogP contribution >= 0.6 is 0 Å². The zero-order valence-electron chi connectivity index (χ0n) is 14.7. The summed E-state index contributed by atoms with van der Waals surface area (Å²) in [5, 5.41) is 5.17. The van der Waals surface area contributed by atoms with Crippen LogP contribution in [0.5, 0.6) is 5.75 Å². The van der Waals surface area contributed by atoms with Gasteiger partial charge in [0.05, 0.1) is 19.9 Å². The molecule has 0 aliphatic heterocycles. The molecule has 3 aromatic rings. The van der Waals surface area contributed by atoms with Gasteiger partial charge in [-0.1, -0.05) is 24.1 Å². The maximum atomic E-state index is 12.2. The Morgan fingerprint density at radius 1 is 1.27 bits per heavy atom. The maximum absolute atomic E-state index is 12.2. The maximum Gasteiger partial charge on any atom is 0.271 e. The fourth-order valence-electron chi connectivity index (χ4n) is 2.88. The molecule has 1 N–H and O–H groups in total. The van der Waals surface area contributed by atoms with Gasteiger partial charge in [0.15, 0.2) is 0 Å². The lowest BCUT2D eigenvalue weighted by molar-refractivity contribution is 0.0955. The standard InChI is InChI=1S/C21H19N3O2/c1-4-13-24-15(2)19(18-7-5-6-8-20(18)24)14-22-23-21(25)16-9-11-17(26-3)12-10-16/h1,5-12,14H,13H2,2-3H3,(H,23,25)/b22-14-. The number of nitrogens with zero attached hydrogens (tertiary/aromatic N) is 2. The minimum Gasteiger partial charge on any atom is -0.497 e. The van der Waals surface area contributed by atoms with Gasteiger partial charge in [0.1, 0.15) is 5.75 Å². The van der Waals surface area contributed by atoms with Crippen LogP contribution in [0.3, 0.4) is 0 Å². The third-order valence-corrected chi connectivity index (χ3v) is 4.24. The monoisotopic (exact) mass is 345 g/mol. The first-order chi connectivity index (χ1) is 12.7. The van der Waals surface area contributed by atoms with Crippen LogP contribution in [-0.2, 0) is 6.54 Å². The summed E-state index contributed by atoms with van der Waals surface area (Å²) in [5.74, 6) is 3.09. The molecular formula is C21H19N3O2. The van der Waals surface area contributed by atoms with Crippen molar-refractivity contribution >= 4 is 23.0 Å². The molecule has 1 aromatic heterocycles. The highest BCUT2D eigenvalue weighted by Crippen LogP contribution is 2.24. The zero-order valence-corrected chi connectivity index (χ0v) is 14.7. The molecule has 130 valence electrons. The van der Waals surface area contributed by atoms with Crippen molar-refractivity contribution < 1.29 is 9.53 Å². The number of hydrogen-bond acceptors (Lipinski definition) is 3. The van der Waals surface area contributed by atoms with Gasteiger partial charge in [-0.15, -0.1) is 6.42 Å². The van der Waals surface area contributed by atoms with E-state index < -0.39 is 0 Å². The van der Waals surface area contributed by atoms with E-state index in [9.17, 15) is 4.79 Å². The molecule has 26 heavy (non-hydrogen) atoms. The number of fused-ring (bicyclic) bond motifs is 1. The molecule has 1 heterocycles. The van der Waals surface area contributed by atoms with Crippen LogP contribution in [-0.4, -0.2) is 23.8 Å². The topological polar surface area (TPSA) is 55.6 Å². The van der Waals surface area contributed by atoms with E-state index in [-0.39, 0.29) is 5.91 Å². The zero-order chi connectivity index (χ0) is 18.5. The Balaban J connectivity index is 1.83. The quantitative estimate of drug-likeness (QED) is 0.438. The number of methoxy groups -OCH3 is 1. The van der Waals surface area contributed by atoms with Gasteiger partial charge in [-0.25, -0.2) is 5.43 Å². The van der Waals surface area contributed by atoms with Crippen molar-refractivity contribution in [1.29, 1.82) is 0 Å². The number of hydrogen-bond donors (Lipinski definition) is 1. The van der Waals surface area contributed by atoms with Gasteiger partial charge >= 0.3 is 0 Å². The van der Waals surface area contributed by atoms with Gasteiger partial charge in [-0.3, -0.25) is 4.79 Å². The number of hydrazone groups is 1. The molecule has 3 rings (SSSR count). The minimum absolute atomic E-state index is 0.283. The third kappa shape index (κ3) is 3.31. The van der Waals surface area contributed by atoms with E-state index in [4.69, 9.17) is 11.2 Å². The second kappa shape index (κ2) is 7.58. The second-order valence-electron chi connectivity index (χ2n) is 5.73. The second-order valence-corrected chi connectivity index (χ2v) is 5.73. The summed E-state index contributed by atoms with van der Waals surface area (Å²) in [6.45, 7) is 2.47. The van der Waals surface area contributed by atoms with E-state index in [0.29, 0.717) is 17.9 Å². The predicted molar refractivity (Wildman–Crippen MR) is 104 cm³/mol. The summed E-state index contributed by atoms with van der Waals surface area (Å²) in [5.41, 5.74) is 6.06. The van der Waals surface area contributed by atoms with Crippen LogP contribution in [0.4, 0.5) is 0 Å². The predicted octanol–water partition coefficient (Wildman–Crippen LogP) is 3.36. The van der Waals surface area contributed by atoms with Crippen LogP contribution in [0.15, 0.2) is 53.6 Å². The van der Waals surface area contributed by atoms with Crippen molar-refractivity contribution in [2.75, 3.05) is 7.11 Å². The van der Waals surface area contributed by atoms with E-state index in [1.54, 1.807) is 37.6 Å². The number of para-hydroxylation sites is 1. The molecule has 0 saturated heterocycles. The molecule has 5 heteroatoms. The normalized spacial score (nSPS) is 10.8. The fraction of sp³-hybridized carbons (Fsp3) is 0.143. The Bertz CT molecular complexity index is 1010. The highest BCUT2D eigenvalue weighted by molar-refractivity contribution is 6.02. The van der Waals surface area contributed by atoms with Crippen LogP contribution in [0.25, 0.3) is 10.9 Å². The summed E-state index contributed by atoms with van der Waals surface area (Å²) in [6, 6.07) is 14.8. The summed E-state index contributed by atoms with van der Waals surface area (Å²) in [6.07, 6.45) is 7.14. The van der Waals surface area contributed by atoms with Gasteiger partial charge in [-0.05, 0) is 37.3 Å². The Kier molecular flexibility index (Phi) is 5.04. The van der Waals surface area contributed by atoms with Crippen molar-refractivity contribution in [3.05, 3.63) is 65.4 Å². The van der Waals surface area contributed by atoms with Crippen LogP contribution in [0.2, 0.25) is 0 Å². The van der Waals surface area contributed by atoms with E-state index >= 15 is 0 Å². The summed E-state index contributed by atoms with van der Waals surface area (Å²) in [4.78, 5) is 12.2. The van der Waals surface area contributed by atoms with Gasteiger partial charge in [0, 0.05) is 27.7 Å². The molecule has 0 saturated carbocycles. The Morgan fingerprint density at radius 2 is 2.00 bits per heavy atom. The SMILES string of the molecule is C#CCn1c(C)c(/C=N\NC(=O)c2ccc(OC)cc2)c2ccccc21. The Labute approximate surface area is 152 Å². The van der Waals surface area contributed by atoms with Gasteiger partial charge in [0.2, 0.25) is 0 Å². The van der Waals surface area contributed by atoms with Crippen LogP contribution in [0, 0.1) is 19.3 Å². The smallest absolute Gasteiger partial charge is 0.271 e. The number of carbonyl (C=O) groups is 1. The molecule has 0 atom stereocenters. The first-order valence-electron chi connectivity index (χ1n) is 8.14. The molecule has 0 spiro atoms. The minimum atomic E-state index is -0.283. The van der Waals surface area contributed by atoms with Crippen molar-refractivity contribution in [1.82, 2.24) is 9.99 Å². The molecule has 0 aliphatic rings. The van der Waals surface area contributed by atoms with Gasteiger partial charge in [0.25, 0.3) is 5.91 Å². The third-order valence-electron chi connectivity index (χ3n) is 4.24. The number of terminal acetylenes is 1. The van der Waals surface area contributed by atoms with Crippen molar-refractivity contribution in [2.24, 2.45) is 5.10 Å². The van der Waals surface area contributed by atoms with Crippen molar-refractivity contribution in [3.8, 4) is 18.1 Å². The number of nitrogens with one attached hydrogen (secondary N) is 1. The summed E-state index contributed by atoms with van der Waals surface area (Å²) < 4.78 is 7.14. The highest BCUT2D eigenvalue weighted by atomic mass is 16.5. The molecule has 5 nitrogen and oxygen atoms in total. The van der Waals surface area contributed by atoms with Gasteiger partial charge < -0.3 is 9.30 Å². The number of rotatable bonds is 5. The molecule has 2 aromatic carbocycles. The number of carbonyl (C=O) groups excluding carboxylic acids is 1. The molecule has 0 unspecified atom stereocenters. The first-order valence-corrected chi connectivity index (χ1v) is 8.14. The molecule has 1 amide bonds. The lowest BCUT2D eigenvalue weighted by Crippen LogP contribution is -2.17. The number of ether oxygens (including phenoxy) is 1. The largest absolute Gasteiger partial charge is 0.497 e. The van der Waals surface area contributed by atoms with E-state index in [2.05, 4.69) is 21.0 Å². The molecule has 0 fully saturated rings. The van der Waals surface area contributed by atoms with E-state index in [0.717, 1.165) is 22.2 Å². The number of amides is 1. The molecule has 0 bridgehead atoms. The number of aromatic nitrogens is 1. The summed E-state index contributed by atoms with van der Waals surface area (Å²) >= 11 is 0. The van der Waals surface area contributed by atoms with Gasteiger partial charge in [-0.2, -0.15) is 5.10 Å². The lowest BCUT2D eigenvalue weighted by Gasteiger charge is -2.03. The van der Waals surface area contributed by atoms with E-state index in [1.807, 2.05) is 31.2 Å².